The predicted molar refractivity (Wildman–Crippen MR) is 101 cm³/mol. The van der Waals surface area contributed by atoms with Gasteiger partial charge in [0, 0.05) is 31.0 Å². The molecule has 0 N–H and O–H groups in total. The summed E-state index contributed by atoms with van der Waals surface area (Å²) in [5.74, 6) is -3.84. The highest BCUT2D eigenvalue weighted by Gasteiger charge is 2.20. The molecule has 0 fully saturated rings. The number of halogens is 3. The summed E-state index contributed by atoms with van der Waals surface area (Å²) in [6.07, 6.45) is 2.94. The van der Waals surface area contributed by atoms with Gasteiger partial charge in [0.2, 0.25) is 0 Å². The number of hydrogen-bond donors (Lipinski definition) is 0. The number of aromatic nitrogens is 2. The molecule has 0 spiro atoms. The minimum absolute atomic E-state index is 0.0378. The van der Waals surface area contributed by atoms with Crippen LogP contribution in [0.15, 0.2) is 54.9 Å². The molecule has 0 unspecified atom stereocenters. The van der Waals surface area contributed by atoms with Crippen LogP contribution in [0.4, 0.5) is 13.2 Å². The summed E-state index contributed by atoms with van der Waals surface area (Å²) in [7, 11) is 1.22. The Morgan fingerprint density at radius 2 is 1.87 bits per heavy atom. The molecular formula is C21H18F3N3O3. The van der Waals surface area contributed by atoms with E-state index in [4.69, 9.17) is 0 Å². The number of methoxy groups -OCH3 is 1. The topological polar surface area (TPSA) is 64.4 Å². The maximum absolute atomic E-state index is 14.5. The number of rotatable bonds is 7. The van der Waals surface area contributed by atoms with Crippen LogP contribution in [0.1, 0.15) is 22.3 Å². The van der Waals surface area contributed by atoms with Crippen LogP contribution in [-0.2, 0) is 16.1 Å². The van der Waals surface area contributed by atoms with E-state index in [2.05, 4.69) is 9.84 Å². The first-order valence-corrected chi connectivity index (χ1v) is 8.98. The fraction of sp³-hybridized carbons (Fsp3) is 0.190. The van der Waals surface area contributed by atoms with Crippen molar-refractivity contribution in [2.24, 2.45) is 0 Å². The van der Waals surface area contributed by atoms with Crippen LogP contribution in [0.2, 0.25) is 0 Å². The molecule has 0 saturated carbocycles. The van der Waals surface area contributed by atoms with Crippen molar-refractivity contribution in [2.75, 3.05) is 13.7 Å². The zero-order valence-electron chi connectivity index (χ0n) is 16.0. The normalized spacial score (nSPS) is 10.7. The number of benzene rings is 2. The third-order valence-electron chi connectivity index (χ3n) is 4.40. The highest BCUT2D eigenvalue weighted by molar-refractivity contribution is 5.94. The van der Waals surface area contributed by atoms with Gasteiger partial charge in [-0.15, -0.1) is 0 Å². The molecule has 1 heterocycles. The molecule has 3 rings (SSSR count). The van der Waals surface area contributed by atoms with Gasteiger partial charge in [-0.25, -0.2) is 17.9 Å². The van der Waals surface area contributed by atoms with Crippen molar-refractivity contribution in [3.05, 3.63) is 83.4 Å². The van der Waals surface area contributed by atoms with Crippen LogP contribution < -0.4 is 0 Å². The second kappa shape index (κ2) is 9.25. The van der Waals surface area contributed by atoms with E-state index in [1.165, 1.54) is 41.1 Å². The van der Waals surface area contributed by atoms with E-state index in [9.17, 15) is 22.8 Å². The lowest BCUT2D eigenvalue weighted by Crippen LogP contribution is -2.33. The van der Waals surface area contributed by atoms with Crippen LogP contribution in [0.3, 0.4) is 0 Å². The zero-order chi connectivity index (χ0) is 21.7. The summed E-state index contributed by atoms with van der Waals surface area (Å²) in [4.78, 5) is 25.7. The van der Waals surface area contributed by atoms with Crippen molar-refractivity contribution in [1.29, 1.82) is 0 Å². The van der Waals surface area contributed by atoms with Crippen molar-refractivity contribution in [1.82, 2.24) is 14.7 Å². The molecule has 3 aromatic rings. The highest BCUT2D eigenvalue weighted by atomic mass is 19.2. The zero-order valence-corrected chi connectivity index (χ0v) is 16.0. The Labute approximate surface area is 170 Å². The summed E-state index contributed by atoms with van der Waals surface area (Å²) in [5, 5.41) is 3.95. The summed E-state index contributed by atoms with van der Waals surface area (Å²) >= 11 is 0. The van der Waals surface area contributed by atoms with Crippen LogP contribution in [0.25, 0.3) is 5.69 Å². The molecule has 0 bridgehead atoms. The lowest BCUT2D eigenvalue weighted by atomic mass is 10.1. The Hall–Kier alpha value is -3.62. The van der Waals surface area contributed by atoms with Crippen molar-refractivity contribution in [3.8, 4) is 5.69 Å². The van der Waals surface area contributed by atoms with Gasteiger partial charge in [-0.05, 0) is 42.0 Å². The second-order valence-electron chi connectivity index (χ2n) is 6.42. The third-order valence-corrected chi connectivity index (χ3v) is 4.40. The summed E-state index contributed by atoms with van der Waals surface area (Å²) < 4.78 is 47.2. The van der Waals surface area contributed by atoms with Gasteiger partial charge >= 0.3 is 5.97 Å². The molecule has 6 nitrogen and oxygen atoms in total. The fourth-order valence-corrected chi connectivity index (χ4v) is 2.86. The molecule has 0 radical (unpaired) electrons. The Bertz CT molecular complexity index is 1050. The third kappa shape index (κ3) is 4.86. The van der Waals surface area contributed by atoms with Gasteiger partial charge in [0.1, 0.15) is 11.5 Å². The monoisotopic (exact) mass is 417 g/mol. The quantitative estimate of drug-likeness (QED) is 0.552. The summed E-state index contributed by atoms with van der Waals surface area (Å²) in [6.45, 7) is -0.150. The van der Waals surface area contributed by atoms with Gasteiger partial charge in [-0.3, -0.25) is 9.59 Å². The number of nitrogens with zero attached hydrogens (tertiary/aromatic N) is 3. The average Bonchev–Trinajstić information content (AvgIpc) is 3.27. The Kier molecular flexibility index (Phi) is 6.51. The highest BCUT2D eigenvalue weighted by Crippen LogP contribution is 2.18. The van der Waals surface area contributed by atoms with Gasteiger partial charge in [0.05, 0.1) is 13.5 Å². The number of ether oxygens (including phenoxy) is 1. The van der Waals surface area contributed by atoms with Crippen molar-refractivity contribution < 1.29 is 27.5 Å². The van der Waals surface area contributed by atoms with E-state index < -0.39 is 29.3 Å². The minimum Gasteiger partial charge on any atom is -0.469 e. The first-order chi connectivity index (χ1) is 14.4. The van der Waals surface area contributed by atoms with E-state index >= 15 is 0 Å². The number of carbonyl (C=O) groups is 2. The van der Waals surface area contributed by atoms with Crippen LogP contribution in [0.5, 0.6) is 0 Å². The van der Waals surface area contributed by atoms with Crippen LogP contribution >= 0.6 is 0 Å². The second-order valence-corrected chi connectivity index (χ2v) is 6.42. The predicted octanol–water partition coefficient (Wildman–Crippen LogP) is 3.50. The van der Waals surface area contributed by atoms with E-state index in [1.54, 1.807) is 12.3 Å². The molecule has 0 aliphatic carbocycles. The molecule has 0 saturated heterocycles. The van der Waals surface area contributed by atoms with Crippen molar-refractivity contribution >= 4 is 11.9 Å². The smallest absolute Gasteiger partial charge is 0.307 e. The molecule has 156 valence electrons. The first-order valence-electron chi connectivity index (χ1n) is 8.98. The largest absolute Gasteiger partial charge is 0.469 e. The summed E-state index contributed by atoms with van der Waals surface area (Å²) in [6, 6.07) is 8.79. The van der Waals surface area contributed by atoms with E-state index in [1.807, 2.05) is 0 Å². The van der Waals surface area contributed by atoms with E-state index in [0.29, 0.717) is 5.56 Å². The van der Waals surface area contributed by atoms with Gasteiger partial charge in [-0.2, -0.15) is 5.10 Å². The van der Waals surface area contributed by atoms with Gasteiger partial charge < -0.3 is 9.64 Å². The maximum atomic E-state index is 14.5. The molecule has 2 aromatic carbocycles. The van der Waals surface area contributed by atoms with E-state index in [0.717, 1.165) is 18.2 Å². The van der Waals surface area contributed by atoms with Gasteiger partial charge in [-0.1, -0.05) is 6.07 Å². The Morgan fingerprint density at radius 1 is 1.07 bits per heavy atom. The molecule has 0 aliphatic rings. The Morgan fingerprint density at radius 3 is 2.50 bits per heavy atom. The van der Waals surface area contributed by atoms with Gasteiger partial charge in [0.15, 0.2) is 11.6 Å². The molecule has 9 heteroatoms. The molecule has 1 amide bonds. The molecule has 1 aromatic heterocycles. The van der Waals surface area contributed by atoms with Gasteiger partial charge in [0.25, 0.3) is 5.91 Å². The standard InChI is InChI=1S/C21H18F3N3O3/c1-30-20(28)7-10-26(13-14-3-5-16(22)17(23)11-14)21(29)15-4-6-19(18(24)12-15)27-9-2-8-25-27/h2-6,8-9,11-12H,7,10,13H2,1H3. The summed E-state index contributed by atoms with van der Waals surface area (Å²) in [5.41, 5.74) is 0.523. The minimum atomic E-state index is -1.05. The van der Waals surface area contributed by atoms with Crippen molar-refractivity contribution in [2.45, 2.75) is 13.0 Å². The number of amides is 1. The fourth-order valence-electron chi connectivity index (χ4n) is 2.86. The van der Waals surface area contributed by atoms with E-state index in [-0.39, 0.29) is 30.8 Å². The average molecular weight is 417 g/mol. The van der Waals surface area contributed by atoms with Crippen LogP contribution in [-0.4, -0.2) is 40.2 Å². The lowest BCUT2D eigenvalue weighted by Gasteiger charge is -2.23. The first kappa shape index (κ1) is 21.1. The molecule has 0 atom stereocenters. The molecule has 0 aliphatic heterocycles. The maximum Gasteiger partial charge on any atom is 0.307 e. The molecular weight excluding hydrogens is 399 g/mol. The number of hydrogen-bond acceptors (Lipinski definition) is 4. The van der Waals surface area contributed by atoms with Crippen molar-refractivity contribution in [3.63, 3.8) is 0 Å². The SMILES string of the molecule is COC(=O)CCN(Cc1ccc(F)c(F)c1)C(=O)c1ccc(-n2cccn2)c(F)c1. The number of esters is 1. The van der Waals surface area contributed by atoms with Crippen LogP contribution in [0, 0.1) is 17.5 Å². The Balaban J connectivity index is 1.85. The number of carbonyl (C=O) groups excluding carboxylic acids is 2. The lowest BCUT2D eigenvalue weighted by molar-refractivity contribution is -0.140. The molecule has 30 heavy (non-hydrogen) atoms.